The molecule has 96 valence electrons. The molecule has 1 fully saturated rings. The lowest BCUT2D eigenvalue weighted by atomic mass is 9.78. The van der Waals surface area contributed by atoms with Crippen LogP contribution in [0.1, 0.15) is 26.2 Å². The molecule has 1 aliphatic rings. The van der Waals surface area contributed by atoms with E-state index in [0.717, 1.165) is 38.9 Å². The molecule has 0 aromatic carbocycles. The second-order valence-electron chi connectivity index (χ2n) is 4.22. The molecule has 0 spiro atoms. The predicted molar refractivity (Wildman–Crippen MR) is 67.0 cm³/mol. The molecular formula is C11H23ClN2O2. The molecule has 5 heteroatoms. The van der Waals surface area contributed by atoms with Gasteiger partial charge in [0, 0.05) is 13.7 Å². The average Bonchev–Trinajstić information content (AvgIpc) is 2.27. The quantitative estimate of drug-likeness (QED) is 0.764. The zero-order valence-electron chi connectivity index (χ0n) is 10.2. The summed E-state index contributed by atoms with van der Waals surface area (Å²) in [5.74, 6) is 0.160. The fourth-order valence-electron chi connectivity index (χ4n) is 2.04. The lowest BCUT2D eigenvalue weighted by molar-refractivity contribution is -0.136. The van der Waals surface area contributed by atoms with E-state index in [1.54, 1.807) is 7.11 Å². The summed E-state index contributed by atoms with van der Waals surface area (Å²) in [4.78, 5) is 12.0. The minimum Gasteiger partial charge on any atom is -0.384 e. The van der Waals surface area contributed by atoms with E-state index in [1.165, 1.54) is 0 Å². The zero-order chi connectivity index (χ0) is 11.1. The van der Waals surface area contributed by atoms with Crippen molar-refractivity contribution in [1.82, 2.24) is 10.6 Å². The molecule has 0 aromatic heterocycles. The second-order valence-corrected chi connectivity index (χ2v) is 4.22. The summed E-state index contributed by atoms with van der Waals surface area (Å²) < 4.78 is 5.20. The first-order valence-electron chi connectivity index (χ1n) is 5.73. The first kappa shape index (κ1) is 15.7. The highest BCUT2D eigenvalue weighted by molar-refractivity contribution is 5.85. The van der Waals surface area contributed by atoms with E-state index in [0.29, 0.717) is 6.61 Å². The molecule has 0 bridgehead atoms. The van der Waals surface area contributed by atoms with Gasteiger partial charge in [0.25, 0.3) is 0 Å². The largest absolute Gasteiger partial charge is 0.384 e. The highest BCUT2D eigenvalue weighted by Crippen LogP contribution is 2.29. The van der Waals surface area contributed by atoms with Crippen LogP contribution < -0.4 is 10.6 Å². The van der Waals surface area contributed by atoms with Gasteiger partial charge in [-0.2, -0.15) is 0 Å². The summed E-state index contributed by atoms with van der Waals surface area (Å²) in [7, 11) is 1.66. The fraction of sp³-hybridized carbons (Fsp3) is 0.909. The van der Waals surface area contributed by atoms with E-state index in [1.807, 2.05) is 0 Å². The number of amides is 1. The highest BCUT2D eigenvalue weighted by Gasteiger charge is 2.39. The molecule has 0 unspecified atom stereocenters. The maximum Gasteiger partial charge on any atom is 0.228 e. The molecule has 2 N–H and O–H groups in total. The van der Waals surface area contributed by atoms with Crippen molar-refractivity contribution < 1.29 is 9.53 Å². The Kier molecular flexibility index (Phi) is 7.72. The monoisotopic (exact) mass is 250 g/mol. The fourth-order valence-corrected chi connectivity index (χ4v) is 2.04. The Labute approximate surface area is 104 Å². The number of hydrogen-bond acceptors (Lipinski definition) is 3. The van der Waals surface area contributed by atoms with Crippen LogP contribution >= 0.6 is 12.4 Å². The van der Waals surface area contributed by atoms with E-state index in [9.17, 15) is 4.79 Å². The summed E-state index contributed by atoms with van der Waals surface area (Å²) >= 11 is 0. The zero-order valence-corrected chi connectivity index (χ0v) is 11.0. The summed E-state index contributed by atoms with van der Waals surface area (Å²) in [5.41, 5.74) is -0.296. The number of carbonyl (C=O) groups is 1. The minimum atomic E-state index is -0.296. The van der Waals surface area contributed by atoms with Gasteiger partial charge in [0.2, 0.25) is 5.91 Å². The van der Waals surface area contributed by atoms with Crippen molar-refractivity contribution in [3.63, 3.8) is 0 Å². The Morgan fingerprint density at radius 1 is 1.44 bits per heavy atom. The average molecular weight is 251 g/mol. The third kappa shape index (κ3) is 3.92. The van der Waals surface area contributed by atoms with Crippen LogP contribution in [0.5, 0.6) is 0 Å². The third-order valence-electron chi connectivity index (χ3n) is 3.00. The number of piperidine rings is 1. The van der Waals surface area contributed by atoms with Gasteiger partial charge in [-0.25, -0.2) is 0 Å². The van der Waals surface area contributed by atoms with Gasteiger partial charge in [0.1, 0.15) is 0 Å². The van der Waals surface area contributed by atoms with Crippen molar-refractivity contribution in [2.45, 2.75) is 26.2 Å². The van der Waals surface area contributed by atoms with Crippen molar-refractivity contribution in [2.75, 3.05) is 33.4 Å². The van der Waals surface area contributed by atoms with Crippen LogP contribution in [0.15, 0.2) is 0 Å². The van der Waals surface area contributed by atoms with E-state index < -0.39 is 0 Å². The van der Waals surface area contributed by atoms with Gasteiger partial charge >= 0.3 is 0 Å². The second kappa shape index (κ2) is 7.87. The standard InChI is InChI=1S/C11H22N2O2.ClH/c1-3-6-13-10(14)11(9-15-2)4-7-12-8-5-11;/h12H,3-9H2,1-2H3,(H,13,14);1H. The van der Waals surface area contributed by atoms with Crippen molar-refractivity contribution in [2.24, 2.45) is 5.41 Å². The van der Waals surface area contributed by atoms with Gasteiger partial charge in [-0.05, 0) is 32.4 Å². The number of halogens is 1. The Hall–Kier alpha value is -0.320. The number of ether oxygens (including phenoxy) is 1. The molecule has 1 aliphatic heterocycles. The number of carbonyl (C=O) groups excluding carboxylic acids is 1. The molecular weight excluding hydrogens is 228 g/mol. The molecule has 1 heterocycles. The maximum absolute atomic E-state index is 12.0. The number of rotatable bonds is 5. The van der Waals surface area contributed by atoms with E-state index in [4.69, 9.17) is 4.74 Å². The van der Waals surface area contributed by atoms with Crippen LogP contribution in [0.3, 0.4) is 0 Å². The Morgan fingerprint density at radius 3 is 2.56 bits per heavy atom. The summed E-state index contributed by atoms with van der Waals surface area (Å²) in [6, 6.07) is 0. The van der Waals surface area contributed by atoms with E-state index in [-0.39, 0.29) is 23.7 Å². The Morgan fingerprint density at radius 2 is 2.06 bits per heavy atom. The van der Waals surface area contributed by atoms with Crippen LogP contribution in [0.4, 0.5) is 0 Å². The maximum atomic E-state index is 12.0. The third-order valence-corrected chi connectivity index (χ3v) is 3.00. The van der Waals surface area contributed by atoms with Crippen molar-refractivity contribution in [1.29, 1.82) is 0 Å². The normalized spacial score (nSPS) is 18.6. The van der Waals surface area contributed by atoms with Crippen molar-refractivity contribution >= 4 is 18.3 Å². The van der Waals surface area contributed by atoms with Crippen LogP contribution in [0, 0.1) is 5.41 Å². The molecule has 4 nitrogen and oxygen atoms in total. The highest BCUT2D eigenvalue weighted by atomic mass is 35.5. The van der Waals surface area contributed by atoms with Gasteiger partial charge in [0.05, 0.1) is 12.0 Å². The van der Waals surface area contributed by atoms with Crippen LogP contribution in [-0.2, 0) is 9.53 Å². The smallest absolute Gasteiger partial charge is 0.228 e. The lowest BCUT2D eigenvalue weighted by Crippen LogP contribution is -2.50. The molecule has 1 amide bonds. The molecule has 0 aromatic rings. The van der Waals surface area contributed by atoms with Crippen LogP contribution in [-0.4, -0.2) is 39.3 Å². The summed E-state index contributed by atoms with van der Waals surface area (Å²) in [6.07, 6.45) is 2.72. The van der Waals surface area contributed by atoms with Gasteiger partial charge in [-0.15, -0.1) is 12.4 Å². The first-order chi connectivity index (χ1) is 7.25. The molecule has 0 saturated carbocycles. The topological polar surface area (TPSA) is 50.4 Å². The Bertz CT molecular complexity index is 201. The number of hydrogen-bond donors (Lipinski definition) is 2. The lowest BCUT2D eigenvalue weighted by Gasteiger charge is -2.35. The van der Waals surface area contributed by atoms with Gasteiger partial charge < -0.3 is 15.4 Å². The van der Waals surface area contributed by atoms with Crippen LogP contribution in [0.25, 0.3) is 0 Å². The van der Waals surface area contributed by atoms with Gasteiger partial charge in [0.15, 0.2) is 0 Å². The predicted octanol–water partition coefficient (Wildman–Crippen LogP) is 0.951. The van der Waals surface area contributed by atoms with E-state index >= 15 is 0 Å². The minimum absolute atomic E-state index is 0. The molecule has 0 atom stereocenters. The van der Waals surface area contributed by atoms with Gasteiger partial charge in [-0.3, -0.25) is 4.79 Å². The number of nitrogens with one attached hydrogen (secondary N) is 2. The van der Waals surface area contributed by atoms with Gasteiger partial charge in [-0.1, -0.05) is 6.92 Å². The summed E-state index contributed by atoms with van der Waals surface area (Å²) in [5, 5.41) is 6.25. The molecule has 1 saturated heterocycles. The van der Waals surface area contributed by atoms with Crippen molar-refractivity contribution in [3.8, 4) is 0 Å². The molecule has 1 rings (SSSR count). The van der Waals surface area contributed by atoms with Crippen LogP contribution in [0.2, 0.25) is 0 Å². The van der Waals surface area contributed by atoms with E-state index in [2.05, 4.69) is 17.6 Å². The number of methoxy groups -OCH3 is 1. The molecule has 0 aliphatic carbocycles. The van der Waals surface area contributed by atoms with Crippen molar-refractivity contribution in [3.05, 3.63) is 0 Å². The molecule has 0 radical (unpaired) electrons. The first-order valence-corrected chi connectivity index (χ1v) is 5.73. The SMILES string of the molecule is CCCNC(=O)C1(COC)CCNCC1.Cl. The molecule has 16 heavy (non-hydrogen) atoms. The Balaban J connectivity index is 0.00000225. The summed E-state index contributed by atoms with van der Waals surface area (Å²) in [6.45, 7) is 5.17.